The maximum absolute atomic E-state index is 12.7. The van der Waals surface area contributed by atoms with Crippen LogP contribution in [0, 0.1) is 13.8 Å². The van der Waals surface area contributed by atoms with E-state index in [0.717, 1.165) is 11.3 Å². The minimum absolute atomic E-state index is 0.0528. The highest BCUT2D eigenvalue weighted by atomic mass is 32.1. The second-order valence-corrected chi connectivity index (χ2v) is 5.83. The van der Waals surface area contributed by atoms with Crippen molar-refractivity contribution in [3.05, 3.63) is 45.4 Å². The Balaban J connectivity index is 1.99. The van der Waals surface area contributed by atoms with Crippen molar-refractivity contribution in [3.8, 4) is 0 Å². The first-order valence-corrected chi connectivity index (χ1v) is 7.50. The Morgan fingerprint density at radius 2 is 2.24 bits per heavy atom. The van der Waals surface area contributed by atoms with Crippen LogP contribution in [0.3, 0.4) is 0 Å². The largest absolute Gasteiger partial charge is 0.337 e. The number of thiophene rings is 1. The highest BCUT2D eigenvalue weighted by molar-refractivity contribution is 7.07. The van der Waals surface area contributed by atoms with E-state index in [1.165, 1.54) is 0 Å². The number of hydrogen-bond acceptors (Lipinski definition) is 5. The molecule has 0 radical (unpaired) electrons. The fourth-order valence-corrected chi connectivity index (χ4v) is 2.98. The van der Waals surface area contributed by atoms with Gasteiger partial charge in [-0.3, -0.25) is 4.79 Å². The molecule has 0 aromatic carbocycles. The standard InChI is InChI=1S/C15H15N3O2S/c1-9-6-12(13-10(2)17-20-14(13)16-9)15(19)18(3)7-11-4-5-21-8-11/h4-6,8H,7H2,1-3H3. The number of fused-ring (bicyclic) bond motifs is 1. The molecule has 5 nitrogen and oxygen atoms in total. The lowest BCUT2D eigenvalue weighted by atomic mass is 10.1. The first-order valence-electron chi connectivity index (χ1n) is 6.56. The first-order chi connectivity index (χ1) is 10.1. The number of carbonyl (C=O) groups is 1. The molecule has 0 aliphatic heterocycles. The summed E-state index contributed by atoms with van der Waals surface area (Å²) in [5, 5.41) is 8.66. The van der Waals surface area contributed by atoms with E-state index >= 15 is 0 Å². The van der Waals surface area contributed by atoms with E-state index in [9.17, 15) is 4.79 Å². The van der Waals surface area contributed by atoms with Crippen LogP contribution in [0.15, 0.2) is 27.4 Å². The summed E-state index contributed by atoms with van der Waals surface area (Å²) in [6, 6.07) is 3.81. The molecular formula is C15H15N3O2S. The van der Waals surface area contributed by atoms with Crippen molar-refractivity contribution >= 4 is 28.3 Å². The molecule has 0 aliphatic rings. The smallest absolute Gasteiger partial charge is 0.258 e. The fraction of sp³-hybridized carbons (Fsp3) is 0.267. The van der Waals surface area contributed by atoms with Gasteiger partial charge in [-0.25, -0.2) is 4.98 Å². The zero-order valence-corrected chi connectivity index (χ0v) is 12.9. The predicted molar refractivity (Wildman–Crippen MR) is 81.4 cm³/mol. The maximum Gasteiger partial charge on any atom is 0.258 e. The molecule has 21 heavy (non-hydrogen) atoms. The van der Waals surface area contributed by atoms with Crippen molar-refractivity contribution in [3.63, 3.8) is 0 Å². The van der Waals surface area contributed by atoms with E-state index in [1.807, 2.05) is 30.7 Å². The minimum atomic E-state index is -0.0528. The summed E-state index contributed by atoms with van der Waals surface area (Å²) < 4.78 is 5.18. The van der Waals surface area contributed by atoms with Gasteiger partial charge in [0, 0.05) is 19.3 Å². The number of pyridine rings is 1. The third kappa shape index (κ3) is 2.54. The van der Waals surface area contributed by atoms with Gasteiger partial charge < -0.3 is 9.42 Å². The Bertz CT molecular complexity index is 793. The van der Waals surface area contributed by atoms with Crippen molar-refractivity contribution in [1.82, 2.24) is 15.0 Å². The Morgan fingerprint density at radius 3 is 2.95 bits per heavy atom. The zero-order valence-electron chi connectivity index (χ0n) is 12.1. The molecule has 0 atom stereocenters. The summed E-state index contributed by atoms with van der Waals surface area (Å²) in [4.78, 5) is 18.7. The summed E-state index contributed by atoms with van der Waals surface area (Å²) >= 11 is 1.62. The van der Waals surface area contributed by atoms with Crippen LogP contribution in [0.1, 0.15) is 27.3 Å². The summed E-state index contributed by atoms with van der Waals surface area (Å²) in [5.74, 6) is -0.0528. The first kappa shape index (κ1) is 13.8. The van der Waals surface area contributed by atoms with Crippen LogP contribution in [0.4, 0.5) is 0 Å². The van der Waals surface area contributed by atoms with Gasteiger partial charge >= 0.3 is 0 Å². The van der Waals surface area contributed by atoms with E-state index < -0.39 is 0 Å². The van der Waals surface area contributed by atoms with Gasteiger partial charge in [0.1, 0.15) is 0 Å². The van der Waals surface area contributed by atoms with Crippen LogP contribution in [0.25, 0.3) is 11.1 Å². The van der Waals surface area contributed by atoms with Gasteiger partial charge in [0.25, 0.3) is 11.6 Å². The van der Waals surface area contributed by atoms with Crippen molar-refractivity contribution < 1.29 is 9.32 Å². The van der Waals surface area contributed by atoms with E-state index in [4.69, 9.17) is 4.52 Å². The Kier molecular flexibility index (Phi) is 3.47. The summed E-state index contributed by atoms with van der Waals surface area (Å²) in [5.41, 5.74) is 3.56. The molecule has 108 valence electrons. The molecule has 0 bridgehead atoms. The third-order valence-corrected chi connectivity index (χ3v) is 4.05. The third-order valence-electron chi connectivity index (χ3n) is 3.32. The van der Waals surface area contributed by atoms with Gasteiger partial charge in [0.15, 0.2) is 0 Å². The van der Waals surface area contributed by atoms with Crippen molar-refractivity contribution in [1.29, 1.82) is 0 Å². The maximum atomic E-state index is 12.7. The summed E-state index contributed by atoms with van der Waals surface area (Å²) in [6.45, 7) is 4.24. The molecule has 0 spiro atoms. The molecule has 6 heteroatoms. The zero-order chi connectivity index (χ0) is 15.0. The molecule has 1 amide bonds. The van der Waals surface area contributed by atoms with Crippen molar-refractivity contribution in [2.75, 3.05) is 7.05 Å². The van der Waals surface area contributed by atoms with Crippen LogP contribution in [-0.2, 0) is 6.54 Å². The number of rotatable bonds is 3. The number of aromatic nitrogens is 2. The SMILES string of the molecule is Cc1cc(C(=O)N(C)Cc2ccsc2)c2c(C)noc2n1. The molecule has 0 saturated carbocycles. The van der Waals surface area contributed by atoms with Crippen LogP contribution >= 0.6 is 11.3 Å². The van der Waals surface area contributed by atoms with E-state index in [2.05, 4.69) is 10.1 Å². The molecule has 3 rings (SSSR count). The molecule has 3 aromatic rings. The van der Waals surface area contributed by atoms with Crippen LogP contribution in [0.5, 0.6) is 0 Å². The number of amides is 1. The Morgan fingerprint density at radius 1 is 1.43 bits per heavy atom. The van der Waals surface area contributed by atoms with Gasteiger partial charge in [-0.05, 0) is 42.3 Å². The summed E-state index contributed by atoms with van der Waals surface area (Å²) in [7, 11) is 1.80. The van der Waals surface area contributed by atoms with Crippen LogP contribution in [-0.4, -0.2) is 28.0 Å². The highest BCUT2D eigenvalue weighted by Crippen LogP contribution is 2.23. The second kappa shape index (κ2) is 5.29. The Hall–Kier alpha value is -2.21. The van der Waals surface area contributed by atoms with Crippen molar-refractivity contribution in [2.45, 2.75) is 20.4 Å². The molecule has 3 aromatic heterocycles. The lowest BCUT2D eigenvalue weighted by Gasteiger charge is -2.17. The lowest BCUT2D eigenvalue weighted by molar-refractivity contribution is 0.0787. The number of hydrogen-bond donors (Lipinski definition) is 0. The molecule has 0 N–H and O–H groups in total. The molecule has 0 saturated heterocycles. The summed E-state index contributed by atoms with van der Waals surface area (Å²) in [6.07, 6.45) is 0. The number of carbonyl (C=O) groups excluding carboxylic acids is 1. The number of aryl methyl sites for hydroxylation is 2. The fourth-order valence-electron chi connectivity index (χ4n) is 2.32. The average Bonchev–Trinajstić information content (AvgIpc) is 3.07. The molecule has 0 unspecified atom stereocenters. The van der Waals surface area contributed by atoms with Gasteiger partial charge in [0.05, 0.1) is 16.6 Å². The van der Waals surface area contributed by atoms with Gasteiger partial charge in [-0.2, -0.15) is 11.3 Å². The lowest BCUT2D eigenvalue weighted by Crippen LogP contribution is -2.26. The van der Waals surface area contributed by atoms with E-state index in [1.54, 1.807) is 29.4 Å². The van der Waals surface area contributed by atoms with Crippen LogP contribution in [0.2, 0.25) is 0 Å². The Labute approximate surface area is 126 Å². The van der Waals surface area contributed by atoms with Crippen LogP contribution < -0.4 is 0 Å². The molecule has 3 heterocycles. The van der Waals surface area contributed by atoms with Gasteiger partial charge in [-0.15, -0.1) is 0 Å². The predicted octanol–water partition coefficient (Wildman–Crippen LogP) is 3.17. The second-order valence-electron chi connectivity index (χ2n) is 5.05. The minimum Gasteiger partial charge on any atom is -0.337 e. The van der Waals surface area contributed by atoms with Gasteiger partial charge in [0.2, 0.25) is 0 Å². The van der Waals surface area contributed by atoms with Crippen molar-refractivity contribution in [2.24, 2.45) is 0 Å². The molecule has 0 aliphatic carbocycles. The highest BCUT2D eigenvalue weighted by Gasteiger charge is 2.20. The topological polar surface area (TPSA) is 59.2 Å². The molecule has 0 fully saturated rings. The quantitative estimate of drug-likeness (QED) is 0.745. The van der Waals surface area contributed by atoms with E-state index in [-0.39, 0.29) is 5.91 Å². The monoisotopic (exact) mass is 301 g/mol. The number of nitrogens with zero attached hydrogens (tertiary/aromatic N) is 3. The average molecular weight is 301 g/mol. The van der Waals surface area contributed by atoms with Gasteiger partial charge in [-0.1, -0.05) is 5.16 Å². The van der Waals surface area contributed by atoms with E-state index in [0.29, 0.717) is 28.9 Å². The molecular weight excluding hydrogens is 286 g/mol. The normalized spacial score (nSPS) is 11.0.